The van der Waals surface area contributed by atoms with Crippen LogP contribution in [-0.4, -0.2) is 15.0 Å². The van der Waals surface area contributed by atoms with Gasteiger partial charge in [0.15, 0.2) is 0 Å². The standard InChI is InChI=1S/C13H7BrN4O/c1-15-10-9(7-4-2-3-5-8(7)14)18-12-11(10)16-6-17-13(12)19/h2-6,18H,(H,16,17,19). The Bertz CT molecular complexity index is 872. The van der Waals surface area contributed by atoms with Gasteiger partial charge >= 0.3 is 0 Å². The van der Waals surface area contributed by atoms with Crippen molar-refractivity contribution in [3.05, 3.63) is 56.8 Å². The van der Waals surface area contributed by atoms with Crippen LogP contribution in [0.5, 0.6) is 0 Å². The molecule has 19 heavy (non-hydrogen) atoms. The lowest BCUT2D eigenvalue weighted by atomic mass is 10.1. The van der Waals surface area contributed by atoms with Gasteiger partial charge in [-0.1, -0.05) is 34.1 Å². The molecule has 0 radical (unpaired) electrons. The highest BCUT2D eigenvalue weighted by Crippen LogP contribution is 2.37. The second-order valence-electron chi connectivity index (χ2n) is 3.90. The Morgan fingerprint density at radius 3 is 2.84 bits per heavy atom. The molecule has 2 N–H and O–H groups in total. The molecule has 6 heteroatoms. The smallest absolute Gasteiger partial charge is 0.273 e. The molecular weight excluding hydrogens is 308 g/mol. The monoisotopic (exact) mass is 314 g/mol. The van der Waals surface area contributed by atoms with Crippen LogP contribution < -0.4 is 5.56 Å². The molecule has 0 saturated carbocycles. The van der Waals surface area contributed by atoms with Crippen molar-refractivity contribution in [1.29, 1.82) is 0 Å². The van der Waals surface area contributed by atoms with Crippen LogP contribution in [0.2, 0.25) is 0 Å². The molecule has 0 unspecified atom stereocenters. The summed E-state index contributed by atoms with van der Waals surface area (Å²) in [6.45, 7) is 7.31. The first-order valence-corrected chi connectivity index (χ1v) is 6.23. The van der Waals surface area contributed by atoms with E-state index in [1.807, 2.05) is 24.3 Å². The van der Waals surface area contributed by atoms with Crippen molar-refractivity contribution in [2.75, 3.05) is 0 Å². The van der Waals surface area contributed by atoms with E-state index in [9.17, 15) is 4.79 Å². The van der Waals surface area contributed by atoms with Crippen molar-refractivity contribution in [2.24, 2.45) is 0 Å². The van der Waals surface area contributed by atoms with Crippen LogP contribution in [0.15, 0.2) is 39.9 Å². The van der Waals surface area contributed by atoms with E-state index in [2.05, 4.69) is 35.7 Å². The van der Waals surface area contributed by atoms with Crippen LogP contribution in [0.1, 0.15) is 0 Å². The van der Waals surface area contributed by atoms with Gasteiger partial charge in [0.05, 0.1) is 18.6 Å². The molecule has 0 bridgehead atoms. The minimum absolute atomic E-state index is 0.284. The zero-order chi connectivity index (χ0) is 13.4. The van der Waals surface area contributed by atoms with Gasteiger partial charge in [0.25, 0.3) is 5.56 Å². The average molecular weight is 315 g/mol. The summed E-state index contributed by atoms with van der Waals surface area (Å²) in [5.74, 6) is 0. The lowest BCUT2D eigenvalue weighted by molar-refractivity contribution is 1.16. The van der Waals surface area contributed by atoms with E-state index >= 15 is 0 Å². The SMILES string of the molecule is [C-]#[N+]c1c(-c2ccccc2Br)[nH]c2c(=O)[nH]cnc12. The highest BCUT2D eigenvalue weighted by molar-refractivity contribution is 9.10. The largest absolute Gasteiger partial charge is 0.359 e. The first-order chi connectivity index (χ1) is 9.22. The van der Waals surface area contributed by atoms with Gasteiger partial charge in [-0.15, -0.1) is 0 Å². The van der Waals surface area contributed by atoms with Crippen LogP contribution in [0, 0.1) is 6.57 Å². The Morgan fingerprint density at radius 2 is 2.11 bits per heavy atom. The minimum Gasteiger partial charge on any atom is -0.359 e. The number of hydrogen-bond donors (Lipinski definition) is 2. The van der Waals surface area contributed by atoms with Gasteiger partial charge in [0, 0.05) is 10.0 Å². The predicted octanol–water partition coefficient (Wildman–Crippen LogP) is 3.23. The maximum Gasteiger partial charge on any atom is 0.273 e. The Kier molecular flexibility index (Phi) is 2.69. The first-order valence-electron chi connectivity index (χ1n) is 5.44. The van der Waals surface area contributed by atoms with Crippen molar-refractivity contribution in [3.63, 3.8) is 0 Å². The molecule has 5 nitrogen and oxygen atoms in total. The zero-order valence-electron chi connectivity index (χ0n) is 9.57. The lowest BCUT2D eigenvalue weighted by Crippen LogP contribution is -2.05. The Balaban J connectivity index is 2.44. The molecule has 2 heterocycles. The number of fused-ring (bicyclic) bond motifs is 1. The molecule has 0 atom stereocenters. The van der Waals surface area contributed by atoms with Crippen LogP contribution in [0.4, 0.5) is 5.69 Å². The lowest BCUT2D eigenvalue weighted by Gasteiger charge is -2.02. The van der Waals surface area contributed by atoms with Gasteiger partial charge in [-0.05, 0) is 6.07 Å². The molecule has 92 valence electrons. The molecule has 0 aliphatic heterocycles. The maximum atomic E-state index is 11.7. The fourth-order valence-electron chi connectivity index (χ4n) is 1.97. The van der Waals surface area contributed by atoms with E-state index < -0.39 is 0 Å². The Hall–Kier alpha value is -2.39. The van der Waals surface area contributed by atoms with Crippen LogP contribution >= 0.6 is 15.9 Å². The quantitative estimate of drug-likeness (QED) is 0.677. The van der Waals surface area contributed by atoms with E-state index in [0.717, 1.165) is 10.0 Å². The summed E-state index contributed by atoms with van der Waals surface area (Å²) in [6.07, 6.45) is 1.30. The van der Waals surface area contributed by atoms with E-state index in [0.29, 0.717) is 22.4 Å². The molecule has 0 saturated heterocycles. The third-order valence-corrected chi connectivity index (χ3v) is 3.51. The third kappa shape index (κ3) is 1.75. The van der Waals surface area contributed by atoms with Crippen molar-refractivity contribution < 1.29 is 0 Å². The number of hydrogen-bond acceptors (Lipinski definition) is 2. The minimum atomic E-state index is -0.284. The van der Waals surface area contributed by atoms with E-state index in [1.54, 1.807) is 0 Å². The molecule has 3 rings (SSSR count). The normalized spacial score (nSPS) is 10.5. The highest BCUT2D eigenvalue weighted by Gasteiger charge is 2.17. The molecule has 0 amide bonds. The van der Waals surface area contributed by atoms with Crippen molar-refractivity contribution in [3.8, 4) is 11.3 Å². The van der Waals surface area contributed by atoms with Gasteiger partial charge in [-0.25, -0.2) is 9.83 Å². The van der Waals surface area contributed by atoms with E-state index in [1.165, 1.54) is 6.33 Å². The second-order valence-corrected chi connectivity index (χ2v) is 4.75. The van der Waals surface area contributed by atoms with Crippen LogP contribution in [-0.2, 0) is 0 Å². The number of benzene rings is 1. The van der Waals surface area contributed by atoms with E-state index in [-0.39, 0.29) is 5.56 Å². The average Bonchev–Trinajstić information content (AvgIpc) is 2.79. The van der Waals surface area contributed by atoms with Crippen molar-refractivity contribution >= 4 is 32.7 Å². The topological polar surface area (TPSA) is 65.9 Å². The summed E-state index contributed by atoms with van der Waals surface area (Å²) in [5, 5.41) is 0. The number of aromatic amines is 2. The molecule has 2 aromatic heterocycles. The summed E-state index contributed by atoms with van der Waals surface area (Å²) in [5.41, 5.74) is 2.21. The van der Waals surface area contributed by atoms with Gasteiger partial charge in [0.2, 0.25) is 5.69 Å². The fourth-order valence-corrected chi connectivity index (χ4v) is 2.45. The molecule has 0 spiro atoms. The first kappa shape index (κ1) is 11.7. The Morgan fingerprint density at radius 1 is 1.32 bits per heavy atom. The number of aromatic nitrogens is 3. The molecule has 1 aromatic carbocycles. The Labute approximate surface area is 116 Å². The summed E-state index contributed by atoms with van der Waals surface area (Å²) < 4.78 is 0.850. The maximum absolute atomic E-state index is 11.7. The zero-order valence-corrected chi connectivity index (χ0v) is 11.2. The number of rotatable bonds is 1. The molecule has 3 aromatic rings. The fraction of sp³-hybridized carbons (Fsp3) is 0. The van der Waals surface area contributed by atoms with Crippen molar-refractivity contribution in [1.82, 2.24) is 15.0 Å². The summed E-state index contributed by atoms with van der Waals surface area (Å²) >= 11 is 3.44. The third-order valence-electron chi connectivity index (χ3n) is 2.82. The van der Waals surface area contributed by atoms with Crippen molar-refractivity contribution in [2.45, 2.75) is 0 Å². The number of nitrogens with one attached hydrogen (secondary N) is 2. The summed E-state index contributed by atoms with van der Waals surface area (Å²) in [6, 6.07) is 7.51. The van der Waals surface area contributed by atoms with Gasteiger partial charge in [0.1, 0.15) is 11.0 Å². The van der Waals surface area contributed by atoms with Crippen LogP contribution in [0.3, 0.4) is 0 Å². The molecule has 0 aliphatic carbocycles. The van der Waals surface area contributed by atoms with Crippen LogP contribution in [0.25, 0.3) is 27.1 Å². The predicted molar refractivity (Wildman–Crippen MR) is 76.1 cm³/mol. The molecular formula is C13H7BrN4O. The van der Waals surface area contributed by atoms with E-state index in [4.69, 9.17) is 6.57 Å². The molecule has 0 aliphatic rings. The number of nitrogens with zero attached hydrogens (tertiary/aromatic N) is 2. The van der Waals surface area contributed by atoms with Gasteiger partial charge < -0.3 is 9.97 Å². The highest BCUT2D eigenvalue weighted by atomic mass is 79.9. The molecule has 0 fully saturated rings. The number of H-pyrrole nitrogens is 2. The number of halogens is 1. The van der Waals surface area contributed by atoms with Gasteiger partial charge in [-0.3, -0.25) is 4.79 Å². The second kappa shape index (κ2) is 4.37. The summed E-state index contributed by atoms with van der Waals surface area (Å²) in [4.78, 5) is 24.8. The van der Waals surface area contributed by atoms with Gasteiger partial charge in [-0.2, -0.15) is 0 Å². The summed E-state index contributed by atoms with van der Waals surface area (Å²) in [7, 11) is 0.